The van der Waals surface area contributed by atoms with E-state index in [1.165, 1.54) is 0 Å². The van der Waals surface area contributed by atoms with E-state index < -0.39 is 5.54 Å². The van der Waals surface area contributed by atoms with Crippen LogP contribution in [0.15, 0.2) is 22.7 Å². The third-order valence-corrected chi connectivity index (χ3v) is 4.93. The van der Waals surface area contributed by atoms with Crippen molar-refractivity contribution in [2.75, 3.05) is 25.5 Å². The summed E-state index contributed by atoms with van der Waals surface area (Å²) in [4.78, 5) is 25.1. The number of hydrogen-bond donors (Lipinski definition) is 3. The number of quaternary nitrogens is 1. The van der Waals surface area contributed by atoms with Crippen LogP contribution in [0.4, 0.5) is 5.69 Å². The average molecular weight is 408 g/mol. The Morgan fingerprint density at radius 2 is 1.92 bits per heavy atom. The number of carbonyl (C=O) groups excluding carboxylic acids is 2. The Balaban J connectivity index is 1.82. The van der Waals surface area contributed by atoms with Crippen LogP contribution in [0.3, 0.4) is 0 Å². The third-order valence-electron chi connectivity index (χ3n) is 4.44. The minimum absolute atomic E-state index is 0.147. The first-order valence-corrected chi connectivity index (χ1v) is 9.22. The van der Waals surface area contributed by atoms with Crippen LogP contribution in [0.5, 0.6) is 0 Å². The summed E-state index contributed by atoms with van der Waals surface area (Å²) in [5, 5.41) is 15.0. The molecule has 1 aliphatic rings. The highest BCUT2D eigenvalue weighted by Crippen LogP contribution is 2.28. The van der Waals surface area contributed by atoms with E-state index in [-0.39, 0.29) is 24.9 Å². The van der Waals surface area contributed by atoms with Gasteiger partial charge in [-0.05, 0) is 56.4 Å². The van der Waals surface area contributed by atoms with Crippen LogP contribution in [0, 0.1) is 18.3 Å². The summed E-state index contributed by atoms with van der Waals surface area (Å²) in [6, 6.07) is 7.89. The molecule has 0 aromatic heterocycles. The number of halogens is 1. The molecule has 1 aliphatic carbocycles. The monoisotopic (exact) mass is 407 g/mol. The smallest absolute Gasteiger partial charge is 0.279 e. The fraction of sp³-hybridized carbons (Fsp3) is 0.500. The molecule has 2 rings (SSSR count). The molecule has 1 aromatic rings. The number of nitriles is 1. The number of likely N-dealkylation sites (N-methyl/N-ethyl adjacent to an activating group) is 1. The van der Waals surface area contributed by atoms with Gasteiger partial charge in [0, 0.05) is 10.2 Å². The highest BCUT2D eigenvalue weighted by Gasteiger charge is 2.35. The lowest BCUT2D eigenvalue weighted by Gasteiger charge is -2.23. The zero-order chi connectivity index (χ0) is 18.4. The molecule has 0 spiro atoms. The van der Waals surface area contributed by atoms with E-state index in [1.807, 2.05) is 25.1 Å². The minimum atomic E-state index is -0.714. The van der Waals surface area contributed by atoms with Gasteiger partial charge in [-0.1, -0.05) is 15.9 Å². The molecule has 6 nitrogen and oxygen atoms in total. The van der Waals surface area contributed by atoms with Crippen LogP contribution in [-0.4, -0.2) is 37.5 Å². The maximum Gasteiger partial charge on any atom is 0.279 e. The largest absolute Gasteiger partial charge is 0.333 e. The van der Waals surface area contributed by atoms with E-state index in [0.29, 0.717) is 12.8 Å². The molecule has 3 N–H and O–H groups in total. The summed E-state index contributed by atoms with van der Waals surface area (Å²) >= 11 is 3.39. The van der Waals surface area contributed by atoms with Crippen LogP contribution in [-0.2, 0) is 9.59 Å². The number of carbonyl (C=O) groups is 2. The van der Waals surface area contributed by atoms with Crippen molar-refractivity contribution in [2.24, 2.45) is 0 Å². The van der Waals surface area contributed by atoms with Gasteiger partial charge in [0.05, 0.1) is 13.1 Å². The number of nitrogens with one attached hydrogen (secondary N) is 3. The van der Waals surface area contributed by atoms with Gasteiger partial charge in [0.1, 0.15) is 5.54 Å². The van der Waals surface area contributed by atoms with Gasteiger partial charge < -0.3 is 15.5 Å². The van der Waals surface area contributed by atoms with Crippen LogP contribution in [0.25, 0.3) is 0 Å². The molecule has 1 saturated carbocycles. The minimum Gasteiger partial charge on any atom is -0.333 e. The standard InChI is InChI=1S/C18H23BrN4O2/c1-13-9-14(19)5-6-15(13)21-16(24)10-23(2)11-17(25)22-18(12-20)7-3-4-8-18/h5-6,9H,3-4,7-8,10-11H2,1-2H3,(H,21,24)(H,22,25)/p+1. The fourth-order valence-corrected chi connectivity index (χ4v) is 3.60. The first-order valence-electron chi connectivity index (χ1n) is 8.43. The summed E-state index contributed by atoms with van der Waals surface area (Å²) in [7, 11) is 1.79. The van der Waals surface area contributed by atoms with E-state index in [4.69, 9.17) is 0 Å². The van der Waals surface area contributed by atoms with Crippen LogP contribution < -0.4 is 15.5 Å². The van der Waals surface area contributed by atoms with Crippen LogP contribution >= 0.6 is 15.9 Å². The zero-order valence-electron chi connectivity index (χ0n) is 14.6. The molecular weight excluding hydrogens is 384 g/mol. The van der Waals surface area contributed by atoms with Gasteiger partial charge in [-0.2, -0.15) is 5.26 Å². The summed E-state index contributed by atoms with van der Waals surface area (Å²) in [6.07, 6.45) is 3.34. The lowest BCUT2D eigenvalue weighted by Crippen LogP contribution is -3.11. The number of benzene rings is 1. The second-order valence-corrected chi connectivity index (χ2v) is 7.68. The molecule has 25 heavy (non-hydrogen) atoms. The quantitative estimate of drug-likeness (QED) is 0.661. The molecule has 1 atom stereocenters. The number of nitrogens with zero attached hydrogens (tertiary/aromatic N) is 1. The number of amides is 2. The van der Waals surface area contributed by atoms with Crippen LogP contribution in [0.2, 0.25) is 0 Å². The first kappa shape index (κ1) is 19.4. The maximum atomic E-state index is 12.2. The van der Waals surface area contributed by atoms with Crippen molar-refractivity contribution in [1.29, 1.82) is 5.26 Å². The fourth-order valence-electron chi connectivity index (χ4n) is 3.13. The Kier molecular flexibility index (Phi) is 6.57. The Hall–Kier alpha value is -1.91. The van der Waals surface area contributed by atoms with Crippen molar-refractivity contribution in [2.45, 2.75) is 38.1 Å². The number of hydrogen-bond acceptors (Lipinski definition) is 3. The van der Waals surface area contributed by atoms with Crippen LogP contribution in [0.1, 0.15) is 31.2 Å². The van der Waals surface area contributed by atoms with Gasteiger partial charge in [0.25, 0.3) is 11.8 Å². The molecule has 0 saturated heterocycles. The highest BCUT2D eigenvalue weighted by molar-refractivity contribution is 9.10. The second-order valence-electron chi connectivity index (χ2n) is 6.77. The molecule has 0 bridgehead atoms. The highest BCUT2D eigenvalue weighted by atomic mass is 79.9. The van der Waals surface area contributed by atoms with E-state index in [0.717, 1.165) is 33.5 Å². The molecule has 1 fully saturated rings. The Bertz CT molecular complexity index is 693. The molecule has 7 heteroatoms. The van der Waals surface area contributed by atoms with Crippen molar-refractivity contribution >= 4 is 33.4 Å². The molecule has 134 valence electrons. The number of anilines is 1. The van der Waals surface area contributed by atoms with Gasteiger partial charge in [0.2, 0.25) is 0 Å². The van der Waals surface area contributed by atoms with Gasteiger partial charge in [-0.3, -0.25) is 9.59 Å². The summed E-state index contributed by atoms with van der Waals surface area (Å²) in [5.41, 5.74) is 1.02. The topological polar surface area (TPSA) is 86.4 Å². The third kappa shape index (κ3) is 5.55. The molecule has 0 radical (unpaired) electrons. The summed E-state index contributed by atoms with van der Waals surface area (Å²) in [5.74, 6) is -0.333. The van der Waals surface area contributed by atoms with Gasteiger partial charge >= 0.3 is 0 Å². The SMILES string of the molecule is Cc1cc(Br)ccc1NC(=O)C[NH+](C)CC(=O)NC1(C#N)CCCC1. The molecule has 0 aliphatic heterocycles. The molecule has 1 unspecified atom stereocenters. The summed E-state index contributed by atoms with van der Waals surface area (Å²) < 4.78 is 0.959. The van der Waals surface area contributed by atoms with E-state index in [2.05, 4.69) is 32.6 Å². The average Bonchev–Trinajstić information content (AvgIpc) is 2.98. The molecular formula is C18H24BrN4O2+. The zero-order valence-corrected chi connectivity index (χ0v) is 16.2. The molecule has 1 aromatic carbocycles. The van der Waals surface area contributed by atoms with E-state index in [1.54, 1.807) is 7.05 Å². The van der Waals surface area contributed by atoms with Crippen molar-refractivity contribution in [1.82, 2.24) is 5.32 Å². The van der Waals surface area contributed by atoms with E-state index >= 15 is 0 Å². The van der Waals surface area contributed by atoms with Gasteiger partial charge in [-0.25, -0.2) is 0 Å². The van der Waals surface area contributed by atoms with Gasteiger partial charge in [0.15, 0.2) is 13.1 Å². The number of aryl methyl sites for hydroxylation is 1. The Labute approximate surface area is 156 Å². The lowest BCUT2D eigenvalue weighted by molar-refractivity contribution is -0.862. The van der Waals surface area contributed by atoms with Crippen molar-refractivity contribution in [3.63, 3.8) is 0 Å². The summed E-state index contributed by atoms with van der Waals surface area (Å²) in [6.45, 7) is 2.27. The molecule has 2 amide bonds. The normalized spacial score (nSPS) is 16.7. The van der Waals surface area contributed by atoms with Crippen molar-refractivity contribution in [3.05, 3.63) is 28.2 Å². The van der Waals surface area contributed by atoms with Gasteiger partial charge in [-0.15, -0.1) is 0 Å². The Morgan fingerprint density at radius 3 is 2.52 bits per heavy atom. The first-order chi connectivity index (χ1) is 11.8. The Morgan fingerprint density at radius 1 is 1.28 bits per heavy atom. The predicted octanol–water partition coefficient (Wildman–Crippen LogP) is 1.16. The van der Waals surface area contributed by atoms with E-state index in [9.17, 15) is 14.9 Å². The van der Waals surface area contributed by atoms with Crippen molar-refractivity contribution < 1.29 is 14.5 Å². The lowest BCUT2D eigenvalue weighted by atomic mass is 10.00. The maximum absolute atomic E-state index is 12.2. The predicted molar refractivity (Wildman–Crippen MR) is 99.1 cm³/mol. The number of rotatable bonds is 6. The second kappa shape index (κ2) is 8.45. The molecule has 0 heterocycles. The van der Waals surface area contributed by atoms with Crippen molar-refractivity contribution in [3.8, 4) is 6.07 Å².